The fourth-order valence-corrected chi connectivity index (χ4v) is 3.39. The summed E-state index contributed by atoms with van der Waals surface area (Å²) in [5, 5.41) is 6.97. The van der Waals surface area contributed by atoms with Crippen LogP contribution in [0.2, 0.25) is 0 Å². The van der Waals surface area contributed by atoms with Crippen molar-refractivity contribution in [2.24, 2.45) is 0 Å². The van der Waals surface area contributed by atoms with Gasteiger partial charge in [0, 0.05) is 43.5 Å². The van der Waals surface area contributed by atoms with Crippen LogP contribution in [0.1, 0.15) is 68.0 Å². The zero-order valence-electron chi connectivity index (χ0n) is 17.9. The number of carbonyl (C=O) groups is 2. The highest BCUT2D eigenvalue weighted by Gasteiger charge is 2.24. The maximum Gasteiger partial charge on any atom is 0.253 e. The van der Waals surface area contributed by atoms with Gasteiger partial charge in [-0.05, 0) is 44.0 Å². The normalized spacial score (nSPS) is 14.7. The third-order valence-corrected chi connectivity index (χ3v) is 5.13. The summed E-state index contributed by atoms with van der Waals surface area (Å²) in [6.07, 6.45) is 2.23. The summed E-state index contributed by atoms with van der Waals surface area (Å²) in [7, 11) is 0. The molecule has 1 aliphatic rings. The van der Waals surface area contributed by atoms with Gasteiger partial charge in [0.1, 0.15) is 5.75 Å². The monoisotopic (exact) mass is 414 g/mol. The molecule has 8 heteroatoms. The Morgan fingerprint density at radius 3 is 2.53 bits per heavy atom. The molecule has 0 radical (unpaired) electrons. The average Bonchev–Trinajstić information content (AvgIpc) is 3.23. The zero-order chi connectivity index (χ0) is 21.5. The van der Waals surface area contributed by atoms with E-state index in [9.17, 15) is 9.59 Å². The van der Waals surface area contributed by atoms with E-state index in [0.717, 1.165) is 18.6 Å². The fourth-order valence-electron chi connectivity index (χ4n) is 3.39. The van der Waals surface area contributed by atoms with E-state index in [2.05, 4.69) is 15.5 Å². The van der Waals surface area contributed by atoms with Crippen LogP contribution in [-0.2, 0) is 11.2 Å². The molecule has 0 atom stereocenters. The Labute approximate surface area is 177 Å². The Kier molecular flexibility index (Phi) is 7.43. The smallest absolute Gasteiger partial charge is 0.253 e. The molecule has 30 heavy (non-hydrogen) atoms. The van der Waals surface area contributed by atoms with Gasteiger partial charge in [-0.1, -0.05) is 19.0 Å². The standard InChI is InChI=1S/C22H30N4O4/c1-4-29-18-7-5-16(6-8-18)22(28)26-13-11-17(12-14-26)23-19(27)9-10-20-24-21(15(2)3)25-30-20/h5-8,15,17H,4,9-14H2,1-3H3,(H,23,27). The maximum atomic E-state index is 12.7. The second-order valence-electron chi connectivity index (χ2n) is 7.79. The lowest BCUT2D eigenvalue weighted by Gasteiger charge is -2.32. The Bertz CT molecular complexity index is 839. The highest BCUT2D eigenvalue weighted by atomic mass is 16.5. The van der Waals surface area contributed by atoms with Crippen LogP contribution < -0.4 is 10.1 Å². The summed E-state index contributed by atoms with van der Waals surface area (Å²) in [5.41, 5.74) is 0.654. The number of amides is 2. The highest BCUT2D eigenvalue weighted by Crippen LogP contribution is 2.17. The molecule has 1 aromatic heterocycles. The molecule has 2 heterocycles. The number of nitrogens with zero attached hydrogens (tertiary/aromatic N) is 3. The van der Waals surface area contributed by atoms with Gasteiger partial charge in [0.2, 0.25) is 11.8 Å². The number of piperidine rings is 1. The summed E-state index contributed by atoms with van der Waals surface area (Å²) < 4.78 is 10.6. The van der Waals surface area contributed by atoms with Crippen LogP contribution in [-0.4, -0.2) is 52.6 Å². The van der Waals surface area contributed by atoms with Crippen LogP contribution in [0.15, 0.2) is 28.8 Å². The van der Waals surface area contributed by atoms with Gasteiger partial charge < -0.3 is 19.5 Å². The number of nitrogens with one attached hydrogen (secondary N) is 1. The summed E-state index contributed by atoms with van der Waals surface area (Å²) >= 11 is 0. The van der Waals surface area contributed by atoms with Crippen LogP contribution in [0.25, 0.3) is 0 Å². The lowest BCUT2D eigenvalue weighted by molar-refractivity contribution is -0.122. The molecular formula is C22H30N4O4. The molecule has 1 saturated heterocycles. The minimum Gasteiger partial charge on any atom is -0.494 e. The van der Waals surface area contributed by atoms with E-state index in [1.807, 2.05) is 37.8 Å². The number of aromatic nitrogens is 2. The quantitative estimate of drug-likeness (QED) is 0.713. The van der Waals surface area contributed by atoms with E-state index in [-0.39, 0.29) is 23.8 Å². The number of rotatable bonds is 8. The second-order valence-corrected chi connectivity index (χ2v) is 7.79. The SMILES string of the molecule is CCOc1ccc(C(=O)N2CCC(NC(=O)CCc3nc(C(C)C)no3)CC2)cc1. The molecule has 0 saturated carbocycles. The lowest BCUT2D eigenvalue weighted by Crippen LogP contribution is -2.46. The third-order valence-electron chi connectivity index (χ3n) is 5.13. The van der Waals surface area contributed by atoms with Gasteiger partial charge >= 0.3 is 0 Å². The summed E-state index contributed by atoms with van der Waals surface area (Å²) in [6, 6.07) is 7.30. The Morgan fingerprint density at radius 2 is 1.93 bits per heavy atom. The molecule has 1 aromatic carbocycles. The highest BCUT2D eigenvalue weighted by molar-refractivity contribution is 5.94. The molecule has 3 rings (SSSR count). The first-order valence-corrected chi connectivity index (χ1v) is 10.6. The van der Waals surface area contributed by atoms with Crippen LogP contribution in [0.4, 0.5) is 0 Å². The van der Waals surface area contributed by atoms with Gasteiger partial charge in [0.05, 0.1) is 6.61 Å². The Morgan fingerprint density at radius 1 is 1.23 bits per heavy atom. The van der Waals surface area contributed by atoms with Crippen molar-refractivity contribution in [1.29, 1.82) is 0 Å². The number of likely N-dealkylation sites (tertiary alicyclic amines) is 1. The molecule has 162 valence electrons. The molecule has 2 aromatic rings. The number of hydrogen-bond donors (Lipinski definition) is 1. The van der Waals surface area contributed by atoms with Gasteiger partial charge in [-0.3, -0.25) is 9.59 Å². The van der Waals surface area contributed by atoms with Gasteiger partial charge in [-0.2, -0.15) is 4.98 Å². The topological polar surface area (TPSA) is 97.6 Å². The average molecular weight is 415 g/mol. The van der Waals surface area contributed by atoms with Crippen LogP contribution in [0.5, 0.6) is 5.75 Å². The predicted molar refractivity (Wildman–Crippen MR) is 111 cm³/mol. The van der Waals surface area contributed by atoms with Crippen molar-refractivity contribution in [2.75, 3.05) is 19.7 Å². The first kappa shape index (κ1) is 21.8. The first-order chi connectivity index (χ1) is 14.5. The first-order valence-electron chi connectivity index (χ1n) is 10.6. The van der Waals surface area contributed by atoms with Crippen LogP contribution in [0, 0.1) is 0 Å². The van der Waals surface area contributed by atoms with Gasteiger partial charge in [-0.15, -0.1) is 0 Å². The minimum absolute atomic E-state index is 0.0141. The number of aryl methyl sites for hydroxylation is 1. The van der Waals surface area contributed by atoms with Gasteiger partial charge in [-0.25, -0.2) is 0 Å². The van der Waals surface area contributed by atoms with E-state index in [4.69, 9.17) is 9.26 Å². The summed E-state index contributed by atoms with van der Waals surface area (Å²) in [5.74, 6) is 2.10. The van der Waals surface area contributed by atoms with E-state index < -0.39 is 0 Å². The molecule has 0 aliphatic carbocycles. The lowest BCUT2D eigenvalue weighted by atomic mass is 10.0. The largest absolute Gasteiger partial charge is 0.494 e. The number of benzene rings is 1. The minimum atomic E-state index is -0.0319. The molecule has 1 fully saturated rings. The van der Waals surface area contributed by atoms with Crippen molar-refractivity contribution in [3.05, 3.63) is 41.5 Å². The molecular weight excluding hydrogens is 384 g/mol. The summed E-state index contributed by atoms with van der Waals surface area (Å²) in [6.45, 7) is 7.76. The maximum absolute atomic E-state index is 12.7. The Balaban J connectivity index is 1.41. The number of ether oxygens (including phenoxy) is 1. The molecule has 0 spiro atoms. The number of carbonyl (C=O) groups excluding carboxylic acids is 2. The Hall–Kier alpha value is -2.90. The molecule has 8 nitrogen and oxygen atoms in total. The van der Waals surface area contributed by atoms with E-state index in [1.54, 1.807) is 12.1 Å². The van der Waals surface area contributed by atoms with Crippen molar-refractivity contribution < 1.29 is 18.8 Å². The molecule has 1 N–H and O–H groups in total. The van der Waals surface area contributed by atoms with Crippen molar-refractivity contribution in [3.8, 4) is 5.75 Å². The van der Waals surface area contributed by atoms with Crippen molar-refractivity contribution in [3.63, 3.8) is 0 Å². The van der Waals surface area contributed by atoms with Crippen LogP contribution >= 0.6 is 0 Å². The van der Waals surface area contributed by atoms with Gasteiger partial charge in [0.15, 0.2) is 5.82 Å². The van der Waals surface area contributed by atoms with Crippen molar-refractivity contribution in [2.45, 2.75) is 58.4 Å². The molecule has 1 aliphatic heterocycles. The predicted octanol–water partition coefficient (Wildman–Crippen LogP) is 2.95. The zero-order valence-corrected chi connectivity index (χ0v) is 17.9. The van der Waals surface area contributed by atoms with E-state index in [1.165, 1.54) is 0 Å². The van der Waals surface area contributed by atoms with Gasteiger partial charge in [0.25, 0.3) is 5.91 Å². The second kappa shape index (κ2) is 10.2. The van der Waals surface area contributed by atoms with Crippen LogP contribution in [0.3, 0.4) is 0 Å². The molecule has 0 unspecified atom stereocenters. The summed E-state index contributed by atoms with van der Waals surface area (Å²) in [4.78, 5) is 31.1. The van der Waals surface area contributed by atoms with Crippen molar-refractivity contribution in [1.82, 2.24) is 20.4 Å². The van der Waals surface area contributed by atoms with E-state index in [0.29, 0.717) is 49.8 Å². The third kappa shape index (κ3) is 5.81. The van der Waals surface area contributed by atoms with Crippen molar-refractivity contribution >= 4 is 11.8 Å². The molecule has 0 bridgehead atoms. The fraction of sp³-hybridized carbons (Fsp3) is 0.545. The molecule has 2 amide bonds. The van der Waals surface area contributed by atoms with E-state index >= 15 is 0 Å². The number of hydrogen-bond acceptors (Lipinski definition) is 6.